The Morgan fingerprint density at radius 3 is 2.58 bits per heavy atom. The topological polar surface area (TPSA) is 60.4 Å². The van der Waals surface area contributed by atoms with E-state index in [2.05, 4.69) is 17.1 Å². The van der Waals surface area contributed by atoms with Crippen LogP contribution in [-0.4, -0.2) is 47.9 Å². The van der Waals surface area contributed by atoms with Crippen molar-refractivity contribution in [2.24, 2.45) is 13.0 Å². The minimum Gasteiger partial charge on any atom is -0.320 e. The van der Waals surface area contributed by atoms with E-state index >= 15 is 0 Å². The van der Waals surface area contributed by atoms with Crippen molar-refractivity contribution in [3.05, 3.63) is 82.1 Å². The Hall–Kier alpha value is -3.47. The van der Waals surface area contributed by atoms with Crippen LogP contribution in [0.5, 0.6) is 0 Å². The highest BCUT2D eigenvalue weighted by molar-refractivity contribution is 5.58. The number of alkyl halides is 4. The fourth-order valence-corrected chi connectivity index (χ4v) is 6.28. The second-order valence-corrected chi connectivity index (χ2v) is 10.8. The van der Waals surface area contributed by atoms with Gasteiger partial charge < -0.3 is 4.57 Å². The van der Waals surface area contributed by atoms with Crippen LogP contribution < -0.4 is 5.69 Å². The standard InChI is InChI=1S/C27H28F4N6O/c1-17-10-26(11-17,24-33-32-16-34(24)2)19-4-3-5-21(9-19)36-15-23-22(27(29,30)31)8-18(13-37(23)25(36)38)12-35-7-6-20(28)14-35/h3-5,8-9,13,15-17,20H,6-7,10-12,14H2,1-2H3/t17-,20-,26-/m0/s1. The number of aromatic nitrogens is 5. The molecule has 0 bridgehead atoms. The maximum absolute atomic E-state index is 14.1. The largest absolute Gasteiger partial charge is 0.418 e. The van der Waals surface area contributed by atoms with Gasteiger partial charge in [0.25, 0.3) is 0 Å². The Morgan fingerprint density at radius 2 is 1.95 bits per heavy atom. The zero-order valence-electron chi connectivity index (χ0n) is 21.1. The van der Waals surface area contributed by atoms with Gasteiger partial charge in [-0.3, -0.25) is 13.9 Å². The number of fused-ring (bicyclic) bond motifs is 1. The molecule has 1 atom stereocenters. The normalized spacial score (nSPS) is 24.3. The molecule has 1 aliphatic carbocycles. The summed E-state index contributed by atoms with van der Waals surface area (Å²) in [5, 5.41) is 8.41. The van der Waals surface area contributed by atoms with Gasteiger partial charge in [-0.05, 0) is 54.5 Å². The van der Waals surface area contributed by atoms with E-state index in [1.54, 1.807) is 17.3 Å². The van der Waals surface area contributed by atoms with E-state index in [0.29, 0.717) is 30.1 Å². The molecule has 1 aliphatic heterocycles. The van der Waals surface area contributed by atoms with Gasteiger partial charge in [0.05, 0.1) is 22.2 Å². The van der Waals surface area contributed by atoms with Crippen LogP contribution >= 0.6 is 0 Å². The summed E-state index contributed by atoms with van der Waals surface area (Å²) in [5.74, 6) is 1.30. The first kappa shape index (κ1) is 24.8. The number of benzene rings is 1. The molecule has 4 aromatic rings. The molecule has 0 N–H and O–H groups in total. The molecule has 3 aromatic heterocycles. The van der Waals surface area contributed by atoms with Crippen molar-refractivity contribution >= 4 is 5.52 Å². The molecule has 0 spiro atoms. The van der Waals surface area contributed by atoms with Crippen molar-refractivity contribution in [3.8, 4) is 5.69 Å². The van der Waals surface area contributed by atoms with Gasteiger partial charge in [-0.2, -0.15) is 13.2 Å². The third kappa shape index (κ3) is 4.03. The van der Waals surface area contributed by atoms with Gasteiger partial charge in [0, 0.05) is 39.1 Å². The van der Waals surface area contributed by atoms with Gasteiger partial charge in [-0.15, -0.1) is 10.2 Å². The molecule has 2 aliphatic rings. The zero-order valence-corrected chi connectivity index (χ0v) is 21.1. The molecule has 1 saturated heterocycles. The lowest BCUT2D eigenvalue weighted by Gasteiger charge is -2.46. The molecule has 1 saturated carbocycles. The van der Waals surface area contributed by atoms with Gasteiger partial charge in [-0.25, -0.2) is 9.18 Å². The van der Waals surface area contributed by atoms with Crippen LogP contribution in [0, 0.1) is 5.92 Å². The summed E-state index contributed by atoms with van der Waals surface area (Å²) in [6, 6.07) is 8.44. The molecule has 0 radical (unpaired) electrons. The predicted octanol–water partition coefficient (Wildman–Crippen LogP) is 4.50. The molecule has 38 heavy (non-hydrogen) atoms. The van der Waals surface area contributed by atoms with E-state index in [1.165, 1.54) is 17.0 Å². The summed E-state index contributed by atoms with van der Waals surface area (Å²) < 4.78 is 60.2. The molecular weight excluding hydrogens is 500 g/mol. The summed E-state index contributed by atoms with van der Waals surface area (Å²) in [7, 11) is 1.89. The van der Waals surface area contributed by atoms with Crippen molar-refractivity contribution in [1.82, 2.24) is 28.6 Å². The predicted molar refractivity (Wildman–Crippen MR) is 133 cm³/mol. The smallest absolute Gasteiger partial charge is 0.320 e. The number of hydrogen-bond donors (Lipinski definition) is 0. The van der Waals surface area contributed by atoms with E-state index in [9.17, 15) is 22.4 Å². The van der Waals surface area contributed by atoms with Gasteiger partial charge in [0.1, 0.15) is 18.3 Å². The minimum absolute atomic E-state index is 0.144. The average Bonchev–Trinajstić information content (AvgIpc) is 3.55. The highest BCUT2D eigenvalue weighted by atomic mass is 19.4. The Labute approximate surface area is 216 Å². The maximum atomic E-state index is 14.1. The minimum atomic E-state index is -4.66. The van der Waals surface area contributed by atoms with Crippen molar-refractivity contribution in [3.63, 3.8) is 0 Å². The lowest BCUT2D eigenvalue weighted by molar-refractivity contribution is -0.136. The SMILES string of the molecule is Cn1cnnc1[C@]1(c2cccc(-n3cc4c(C(F)(F)F)cc(CN5CC[C@H](F)C5)cn4c3=O)c2)C[C@@H](C)C1. The number of likely N-dealkylation sites (tertiary alicyclic amines) is 1. The highest BCUT2D eigenvalue weighted by Gasteiger charge is 2.48. The molecule has 6 rings (SSSR count). The van der Waals surface area contributed by atoms with E-state index < -0.39 is 23.6 Å². The summed E-state index contributed by atoms with van der Waals surface area (Å²) in [6.45, 7) is 2.95. The summed E-state index contributed by atoms with van der Waals surface area (Å²) in [5.41, 5.74) is -0.341. The van der Waals surface area contributed by atoms with Gasteiger partial charge >= 0.3 is 11.9 Å². The summed E-state index contributed by atoms with van der Waals surface area (Å²) in [4.78, 5) is 15.3. The average molecular weight is 529 g/mol. The Balaban J connectivity index is 1.45. The summed E-state index contributed by atoms with van der Waals surface area (Å²) >= 11 is 0. The first-order chi connectivity index (χ1) is 18.0. The third-order valence-corrected chi connectivity index (χ3v) is 7.96. The van der Waals surface area contributed by atoms with Crippen LogP contribution in [0.1, 0.15) is 48.7 Å². The molecule has 0 unspecified atom stereocenters. The molecule has 2 fully saturated rings. The van der Waals surface area contributed by atoms with Crippen molar-refractivity contribution in [2.75, 3.05) is 13.1 Å². The lowest BCUT2D eigenvalue weighted by Crippen LogP contribution is -2.43. The first-order valence-electron chi connectivity index (χ1n) is 12.7. The quantitative estimate of drug-likeness (QED) is 0.358. The lowest BCUT2D eigenvalue weighted by atomic mass is 9.58. The number of halogens is 4. The van der Waals surface area contributed by atoms with Gasteiger partial charge in [0.2, 0.25) is 0 Å². The number of imidazole rings is 1. The monoisotopic (exact) mass is 528 g/mol. The van der Waals surface area contributed by atoms with Crippen LogP contribution in [0.3, 0.4) is 0 Å². The van der Waals surface area contributed by atoms with Crippen LogP contribution in [-0.2, 0) is 25.2 Å². The molecule has 0 amide bonds. The molecule has 4 heterocycles. The number of hydrogen-bond acceptors (Lipinski definition) is 4. The summed E-state index contributed by atoms with van der Waals surface area (Å²) in [6.07, 6.45) is 0.762. The second kappa shape index (κ2) is 8.79. The first-order valence-corrected chi connectivity index (χ1v) is 12.7. The zero-order chi connectivity index (χ0) is 26.8. The van der Waals surface area contributed by atoms with E-state index in [-0.39, 0.29) is 24.0 Å². The maximum Gasteiger partial charge on any atom is 0.418 e. The highest BCUT2D eigenvalue weighted by Crippen LogP contribution is 2.51. The molecule has 7 nitrogen and oxygen atoms in total. The van der Waals surface area contributed by atoms with E-state index in [4.69, 9.17) is 0 Å². The number of rotatable bonds is 5. The molecule has 1 aromatic carbocycles. The number of aryl methyl sites for hydroxylation is 1. The van der Waals surface area contributed by atoms with Crippen molar-refractivity contribution < 1.29 is 17.6 Å². The molecule has 200 valence electrons. The molecular formula is C27H28F4N6O. The van der Waals surface area contributed by atoms with Gasteiger partial charge in [-0.1, -0.05) is 19.1 Å². The Morgan fingerprint density at radius 1 is 1.16 bits per heavy atom. The van der Waals surface area contributed by atoms with Crippen LogP contribution in [0.4, 0.5) is 17.6 Å². The van der Waals surface area contributed by atoms with Crippen LogP contribution in [0.25, 0.3) is 11.2 Å². The van der Waals surface area contributed by atoms with Crippen LogP contribution in [0.2, 0.25) is 0 Å². The van der Waals surface area contributed by atoms with E-state index in [0.717, 1.165) is 34.7 Å². The fraction of sp³-hybridized carbons (Fsp3) is 0.444. The fourth-order valence-electron chi connectivity index (χ4n) is 6.28. The number of pyridine rings is 1. The second-order valence-electron chi connectivity index (χ2n) is 10.8. The third-order valence-electron chi connectivity index (χ3n) is 7.96. The van der Waals surface area contributed by atoms with E-state index in [1.807, 2.05) is 29.8 Å². The van der Waals surface area contributed by atoms with Crippen LogP contribution in [0.15, 0.2) is 53.8 Å². The molecule has 11 heteroatoms. The van der Waals surface area contributed by atoms with Crippen molar-refractivity contribution in [1.29, 1.82) is 0 Å². The number of nitrogens with zero attached hydrogens (tertiary/aromatic N) is 6. The Kier molecular flexibility index (Phi) is 5.75. The van der Waals surface area contributed by atoms with Gasteiger partial charge in [0.15, 0.2) is 0 Å². The van der Waals surface area contributed by atoms with Crippen molar-refractivity contribution in [2.45, 2.75) is 50.5 Å². The Bertz CT molecular complexity index is 1560.